The Kier molecular flexibility index (Phi) is 4.98. The topological polar surface area (TPSA) is 12.0 Å². The molecule has 0 aliphatic heterocycles. The normalized spacial score (nSPS) is 10.5. The molecule has 0 atom stereocenters. The molecule has 0 aliphatic carbocycles. The zero-order chi connectivity index (χ0) is 8.74. The fourth-order valence-electron chi connectivity index (χ4n) is 0.713. The van der Waals surface area contributed by atoms with Crippen LogP contribution >= 0.6 is 0 Å². The predicted molar refractivity (Wildman–Crippen MR) is 50.4 cm³/mol. The van der Waals surface area contributed by atoms with Gasteiger partial charge >= 0.3 is 0 Å². The number of hydrogen-bond acceptors (Lipinski definition) is 1. The number of hydrogen-bond donors (Lipinski definition) is 1. The summed E-state index contributed by atoms with van der Waals surface area (Å²) in [5, 5.41) is 3.44. The molecular formula is C10H19N. The lowest BCUT2D eigenvalue weighted by Crippen LogP contribution is -2.38. The van der Waals surface area contributed by atoms with Gasteiger partial charge in [-0.15, -0.1) is 11.8 Å². The average molecular weight is 153 g/mol. The predicted octanol–water partition coefficient (Wildman–Crippen LogP) is 2.18. The zero-order valence-electron chi connectivity index (χ0n) is 8.12. The second kappa shape index (κ2) is 5.21. The summed E-state index contributed by atoms with van der Waals surface area (Å²) >= 11 is 0. The van der Waals surface area contributed by atoms with Crippen LogP contribution in [0, 0.1) is 11.8 Å². The van der Waals surface area contributed by atoms with Gasteiger partial charge in [-0.3, -0.25) is 0 Å². The summed E-state index contributed by atoms with van der Waals surface area (Å²) in [4.78, 5) is 0. The maximum atomic E-state index is 3.44. The fraction of sp³-hybridized carbons (Fsp3) is 0.800. The van der Waals surface area contributed by atoms with Gasteiger partial charge in [0.15, 0.2) is 0 Å². The smallest absolute Gasteiger partial charge is 0.0214 e. The van der Waals surface area contributed by atoms with Gasteiger partial charge in [-0.1, -0.05) is 6.92 Å². The first-order chi connectivity index (χ1) is 5.12. The molecular weight excluding hydrogens is 134 g/mol. The zero-order valence-corrected chi connectivity index (χ0v) is 8.12. The van der Waals surface area contributed by atoms with E-state index in [0.29, 0.717) is 0 Å². The van der Waals surface area contributed by atoms with Crippen LogP contribution in [0.2, 0.25) is 0 Å². The molecule has 1 heteroatoms. The van der Waals surface area contributed by atoms with E-state index in [-0.39, 0.29) is 5.54 Å². The molecule has 0 heterocycles. The highest BCUT2D eigenvalue weighted by Gasteiger charge is 2.11. The molecule has 0 aromatic carbocycles. The molecule has 0 unspecified atom stereocenters. The lowest BCUT2D eigenvalue weighted by atomic mass is 10.0. The van der Waals surface area contributed by atoms with Gasteiger partial charge in [-0.2, -0.15) is 0 Å². The van der Waals surface area contributed by atoms with E-state index in [2.05, 4.69) is 37.9 Å². The minimum absolute atomic E-state index is 0.273. The van der Waals surface area contributed by atoms with Gasteiger partial charge in [0.25, 0.3) is 0 Å². The van der Waals surface area contributed by atoms with Gasteiger partial charge in [-0.25, -0.2) is 0 Å². The second-order valence-corrected chi connectivity index (χ2v) is 3.34. The van der Waals surface area contributed by atoms with E-state index in [0.717, 1.165) is 19.4 Å². The van der Waals surface area contributed by atoms with E-state index >= 15 is 0 Å². The summed E-state index contributed by atoms with van der Waals surface area (Å²) in [7, 11) is 0. The first-order valence-electron chi connectivity index (χ1n) is 4.27. The number of rotatable bonds is 4. The van der Waals surface area contributed by atoms with E-state index in [1.165, 1.54) is 0 Å². The molecule has 0 radical (unpaired) electrons. The van der Waals surface area contributed by atoms with Crippen LogP contribution in [0.1, 0.15) is 40.5 Å². The Balaban J connectivity index is 3.42. The summed E-state index contributed by atoms with van der Waals surface area (Å²) in [5.41, 5.74) is 0.273. The molecule has 0 aliphatic rings. The molecule has 0 amide bonds. The quantitative estimate of drug-likeness (QED) is 0.482. The summed E-state index contributed by atoms with van der Waals surface area (Å²) in [5.74, 6) is 5.91. The van der Waals surface area contributed by atoms with Crippen LogP contribution in [-0.2, 0) is 0 Å². The van der Waals surface area contributed by atoms with Crippen LogP contribution in [-0.4, -0.2) is 12.1 Å². The van der Waals surface area contributed by atoms with E-state index in [1.54, 1.807) is 0 Å². The van der Waals surface area contributed by atoms with Crippen molar-refractivity contribution in [3.05, 3.63) is 0 Å². The van der Waals surface area contributed by atoms with Crippen molar-refractivity contribution >= 4 is 0 Å². The van der Waals surface area contributed by atoms with Crippen LogP contribution in [0.4, 0.5) is 0 Å². The highest BCUT2D eigenvalue weighted by Crippen LogP contribution is 2.05. The largest absolute Gasteiger partial charge is 0.311 e. The first-order valence-corrected chi connectivity index (χ1v) is 4.27. The van der Waals surface area contributed by atoms with Crippen molar-refractivity contribution in [1.82, 2.24) is 5.32 Å². The molecule has 1 nitrogen and oxygen atoms in total. The van der Waals surface area contributed by atoms with E-state index in [4.69, 9.17) is 0 Å². The Bertz CT molecular complexity index is 148. The summed E-state index contributed by atoms with van der Waals surface area (Å²) in [6, 6.07) is 0. The molecule has 1 N–H and O–H groups in total. The molecule has 0 fully saturated rings. The Hall–Kier alpha value is -0.480. The third kappa shape index (κ3) is 5.94. The molecule has 0 aromatic heterocycles. The Labute approximate surface area is 70.6 Å². The third-order valence-corrected chi connectivity index (χ3v) is 1.91. The Morgan fingerprint density at radius 2 is 2.00 bits per heavy atom. The molecule has 0 saturated carbocycles. The van der Waals surface area contributed by atoms with E-state index in [1.807, 2.05) is 6.92 Å². The Morgan fingerprint density at radius 3 is 2.45 bits per heavy atom. The maximum absolute atomic E-state index is 3.44. The molecule has 11 heavy (non-hydrogen) atoms. The van der Waals surface area contributed by atoms with Crippen LogP contribution in [0.15, 0.2) is 0 Å². The molecule has 0 saturated heterocycles. The van der Waals surface area contributed by atoms with Gasteiger partial charge in [0.2, 0.25) is 0 Å². The van der Waals surface area contributed by atoms with Crippen LogP contribution < -0.4 is 5.32 Å². The van der Waals surface area contributed by atoms with Crippen LogP contribution in [0.3, 0.4) is 0 Å². The van der Waals surface area contributed by atoms with Crippen molar-refractivity contribution in [1.29, 1.82) is 0 Å². The fourth-order valence-corrected chi connectivity index (χ4v) is 0.713. The average Bonchev–Trinajstić information content (AvgIpc) is 1.99. The molecule has 64 valence electrons. The van der Waals surface area contributed by atoms with Gasteiger partial charge in [0.05, 0.1) is 0 Å². The highest BCUT2D eigenvalue weighted by atomic mass is 14.9. The highest BCUT2D eigenvalue weighted by molar-refractivity contribution is 4.95. The minimum Gasteiger partial charge on any atom is -0.311 e. The molecule has 0 rings (SSSR count). The van der Waals surface area contributed by atoms with Gasteiger partial charge < -0.3 is 5.32 Å². The Morgan fingerprint density at radius 1 is 1.36 bits per heavy atom. The molecule has 0 aromatic rings. The van der Waals surface area contributed by atoms with Crippen LogP contribution in [0.5, 0.6) is 0 Å². The second-order valence-electron chi connectivity index (χ2n) is 3.34. The van der Waals surface area contributed by atoms with E-state index < -0.39 is 0 Å². The van der Waals surface area contributed by atoms with Crippen molar-refractivity contribution < 1.29 is 0 Å². The molecule has 0 bridgehead atoms. The lowest BCUT2D eigenvalue weighted by molar-refractivity contribution is 0.382. The van der Waals surface area contributed by atoms with Crippen molar-refractivity contribution in [3.63, 3.8) is 0 Å². The van der Waals surface area contributed by atoms with Crippen molar-refractivity contribution in [2.45, 2.75) is 46.1 Å². The summed E-state index contributed by atoms with van der Waals surface area (Å²) in [6.07, 6.45) is 2.12. The number of nitrogens with one attached hydrogen (secondary N) is 1. The van der Waals surface area contributed by atoms with Crippen LogP contribution in [0.25, 0.3) is 0 Å². The van der Waals surface area contributed by atoms with Gasteiger partial charge in [0.1, 0.15) is 0 Å². The molecule has 0 spiro atoms. The third-order valence-electron chi connectivity index (χ3n) is 1.91. The summed E-state index contributed by atoms with van der Waals surface area (Å²) in [6.45, 7) is 9.50. The van der Waals surface area contributed by atoms with Gasteiger partial charge in [-0.05, 0) is 27.2 Å². The maximum Gasteiger partial charge on any atom is 0.0214 e. The van der Waals surface area contributed by atoms with Crippen molar-refractivity contribution in [2.75, 3.05) is 6.54 Å². The first kappa shape index (κ1) is 10.5. The van der Waals surface area contributed by atoms with Gasteiger partial charge in [0, 0.05) is 18.5 Å². The standard InChI is InChI=1S/C10H19N/c1-5-7-8-9-11-10(3,4)6-2/h11H,6,8-9H2,1-4H3. The monoisotopic (exact) mass is 153 g/mol. The minimum atomic E-state index is 0.273. The lowest BCUT2D eigenvalue weighted by Gasteiger charge is -2.23. The summed E-state index contributed by atoms with van der Waals surface area (Å²) < 4.78 is 0. The van der Waals surface area contributed by atoms with Crippen molar-refractivity contribution in [3.8, 4) is 11.8 Å². The SMILES string of the molecule is CC#CCCNC(C)(C)CC. The van der Waals surface area contributed by atoms with E-state index in [9.17, 15) is 0 Å². The van der Waals surface area contributed by atoms with Crippen molar-refractivity contribution in [2.24, 2.45) is 0 Å².